The first-order valence-electron chi connectivity index (χ1n) is 7.94. The highest BCUT2D eigenvalue weighted by Crippen LogP contribution is 2.33. The Morgan fingerprint density at radius 2 is 2.09 bits per heavy atom. The van der Waals surface area contributed by atoms with Crippen molar-refractivity contribution in [2.24, 2.45) is 0 Å². The predicted octanol–water partition coefficient (Wildman–Crippen LogP) is 3.08. The summed E-state index contributed by atoms with van der Waals surface area (Å²) in [5, 5.41) is 0. The Balaban J connectivity index is 1.59. The van der Waals surface area contributed by atoms with Gasteiger partial charge in [0.1, 0.15) is 5.76 Å². The lowest BCUT2D eigenvalue weighted by molar-refractivity contribution is 0.0649. The number of likely N-dealkylation sites (tertiary alicyclic amines) is 1. The van der Waals surface area contributed by atoms with Gasteiger partial charge in [0, 0.05) is 24.8 Å². The zero-order chi connectivity index (χ0) is 15.1. The van der Waals surface area contributed by atoms with Gasteiger partial charge >= 0.3 is 0 Å². The van der Waals surface area contributed by atoms with Crippen LogP contribution >= 0.6 is 0 Å². The van der Waals surface area contributed by atoms with Crippen LogP contribution in [0.3, 0.4) is 0 Å². The molecule has 1 aromatic heterocycles. The first kappa shape index (κ1) is 13.4. The average molecular weight is 296 g/mol. The minimum atomic E-state index is 0.107. The third-order valence-corrected chi connectivity index (χ3v) is 4.78. The number of benzene rings is 1. The van der Waals surface area contributed by atoms with Crippen LogP contribution < -0.4 is 4.90 Å². The minimum absolute atomic E-state index is 0.107. The highest BCUT2D eigenvalue weighted by Gasteiger charge is 2.30. The van der Waals surface area contributed by atoms with Gasteiger partial charge in [0.2, 0.25) is 0 Å². The summed E-state index contributed by atoms with van der Waals surface area (Å²) in [5.41, 5.74) is 3.35. The monoisotopic (exact) mass is 296 g/mol. The summed E-state index contributed by atoms with van der Waals surface area (Å²) >= 11 is 0. The molecule has 4 nitrogen and oxygen atoms in total. The summed E-state index contributed by atoms with van der Waals surface area (Å²) in [6.07, 6.45) is 3.79. The number of para-hydroxylation sites is 1. The van der Waals surface area contributed by atoms with Crippen LogP contribution in [0.2, 0.25) is 0 Å². The van der Waals surface area contributed by atoms with E-state index in [2.05, 4.69) is 36.1 Å². The number of rotatable bonds is 3. The average Bonchev–Trinajstić information content (AvgIpc) is 3.03. The highest BCUT2D eigenvalue weighted by molar-refractivity contribution is 5.95. The molecule has 1 atom stereocenters. The lowest BCUT2D eigenvalue weighted by atomic mass is 10.1. The van der Waals surface area contributed by atoms with Gasteiger partial charge in [0.25, 0.3) is 5.91 Å². The van der Waals surface area contributed by atoms with Crippen LogP contribution in [0.1, 0.15) is 35.0 Å². The van der Waals surface area contributed by atoms with E-state index in [1.807, 2.05) is 11.0 Å². The summed E-state index contributed by atoms with van der Waals surface area (Å²) in [6.45, 7) is 4.61. The lowest BCUT2D eigenvalue weighted by Crippen LogP contribution is -2.42. The first-order valence-corrected chi connectivity index (χ1v) is 7.94. The Hall–Kier alpha value is -2.23. The molecule has 2 aliphatic rings. The van der Waals surface area contributed by atoms with Crippen LogP contribution in [-0.2, 0) is 13.0 Å². The molecule has 22 heavy (non-hydrogen) atoms. The zero-order valence-corrected chi connectivity index (χ0v) is 12.8. The number of hydrogen-bond donors (Lipinski definition) is 0. The van der Waals surface area contributed by atoms with Crippen LogP contribution in [0, 0.1) is 0 Å². The van der Waals surface area contributed by atoms with Crippen LogP contribution in [0.25, 0.3) is 0 Å². The van der Waals surface area contributed by atoms with Crippen LogP contribution in [0.5, 0.6) is 0 Å². The molecular weight excluding hydrogens is 276 g/mol. The van der Waals surface area contributed by atoms with Crippen molar-refractivity contribution in [3.63, 3.8) is 0 Å². The molecular formula is C18H20N2O2. The second-order valence-corrected chi connectivity index (χ2v) is 6.21. The number of hydrogen-bond acceptors (Lipinski definition) is 3. The van der Waals surface area contributed by atoms with E-state index < -0.39 is 0 Å². The van der Waals surface area contributed by atoms with E-state index in [1.54, 1.807) is 6.26 Å². The van der Waals surface area contributed by atoms with E-state index in [9.17, 15) is 4.79 Å². The Morgan fingerprint density at radius 1 is 1.27 bits per heavy atom. The van der Waals surface area contributed by atoms with Crippen molar-refractivity contribution in [1.82, 2.24) is 4.90 Å². The summed E-state index contributed by atoms with van der Waals surface area (Å²) in [4.78, 5) is 16.7. The minimum Gasteiger partial charge on any atom is -0.467 e. The van der Waals surface area contributed by atoms with E-state index in [1.165, 1.54) is 11.3 Å². The van der Waals surface area contributed by atoms with Gasteiger partial charge < -0.3 is 14.2 Å². The fourth-order valence-corrected chi connectivity index (χ4v) is 3.37. The smallest absolute Gasteiger partial charge is 0.257 e. The molecule has 2 aromatic rings. The Morgan fingerprint density at radius 3 is 2.86 bits per heavy atom. The van der Waals surface area contributed by atoms with Crippen molar-refractivity contribution in [2.45, 2.75) is 32.4 Å². The van der Waals surface area contributed by atoms with Crippen LogP contribution in [0.15, 0.2) is 41.0 Å². The van der Waals surface area contributed by atoms with Crippen molar-refractivity contribution in [1.29, 1.82) is 0 Å². The molecule has 1 aromatic carbocycles. The summed E-state index contributed by atoms with van der Waals surface area (Å²) in [5.74, 6) is 0.885. The molecule has 4 rings (SSSR count). The maximum atomic E-state index is 12.5. The Bertz CT molecular complexity index is 703. The zero-order valence-electron chi connectivity index (χ0n) is 12.8. The summed E-state index contributed by atoms with van der Waals surface area (Å²) in [6, 6.07) is 10.7. The molecule has 4 heteroatoms. The lowest BCUT2D eigenvalue weighted by Gasteiger charge is -2.31. The third kappa shape index (κ3) is 2.10. The van der Waals surface area contributed by atoms with Gasteiger partial charge in [-0.3, -0.25) is 4.79 Å². The maximum absolute atomic E-state index is 12.5. The molecule has 2 aliphatic heterocycles. The molecule has 114 valence electrons. The van der Waals surface area contributed by atoms with Gasteiger partial charge in [-0.15, -0.1) is 0 Å². The van der Waals surface area contributed by atoms with Crippen LogP contribution in [-0.4, -0.2) is 29.9 Å². The summed E-state index contributed by atoms with van der Waals surface area (Å²) < 4.78 is 5.64. The molecule has 0 spiro atoms. The number of carbonyl (C=O) groups excluding carboxylic acids is 1. The SMILES string of the molecule is CC1Cc2ccccc2N1Cc1occc1C(=O)N1CCC1. The van der Waals surface area contributed by atoms with Gasteiger partial charge in [-0.05, 0) is 37.5 Å². The van der Waals surface area contributed by atoms with Crippen molar-refractivity contribution in [3.05, 3.63) is 53.5 Å². The van der Waals surface area contributed by atoms with Crippen molar-refractivity contribution in [2.75, 3.05) is 18.0 Å². The van der Waals surface area contributed by atoms with Gasteiger partial charge in [0.15, 0.2) is 0 Å². The number of furan rings is 1. The third-order valence-electron chi connectivity index (χ3n) is 4.78. The van der Waals surface area contributed by atoms with Crippen molar-refractivity contribution >= 4 is 11.6 Å². The summed E-state index contributed by atoms with van der Waals surface area (Å²) in [7, 11) is 0. The van der Waals surface area contributed by atoms with E-state index in [-0.39, 0.29) is 5.91 Å². The first-order chi connectivity index (χ1) is 10.7. The van der Waals surface area contributed by atoms with Gasteiger partial charge in [-0.1, -0.05) is 18.2 Å². The number of anilines is 1. The molecule has 1 saturated heterocycles. The fourth-order valence-electron chi connectivity index (χ4n) is 3.37. The molecule has 1 fully saturated rings. The number of fused-ring (bicyclic) bond motifs is 1. The number of amides is 1. The largest absolute Gasteiger partial charge is 0.467 e. The van der Waals surface area contributed by atoms with Gasteiger partial charge in [-0.2, -0.15) is 0 Å². The van der Waals surface area contributed by atoms with E-state index >= 15 is 0 Å². The molecule has 0 aliphatic carbocycles. The number of carbonyl (C=O) groups is 1. The van der Waals surface area contributed by atoms with Gasteiger partial charge in [0.05, 0.1) is 18.4 Å². The molecule has 0 bridgehead atoms. The van der Waals surface area contributed by atoms with E-state index in [0.717, 1.165) is 37.3 Å². The van der Waals surface area contributed by atoms with Gasteiger partial charge in [-0.25, -0.2) is 0 Å². The molecule has 1 unspecified atom stereocenters. The fraction of sp³-hybridized carbons (Fsp3) is 0.389. The second-order valence-electron chi connectivity index (χ2n) is 6.21. The quantitative estimate of drug-likeness (QED) is 0.873. The van der Waals surface area contributed by atoms with Crippen LogP contribution in [0.4, 0.5) is 5.69 Å². The molecule has 0 radical (unpaired) electrons. The van der Waals surface area contributed by atoms with Crippen molar-refractivity contribution in [3.8, 4) is 0 Å². The highest BCUT2D eigenvalue weighted by atomic mass is 16.3. The Kier molecular flexibility index (Phi) is 3.17. The number of nitrogens with zero attached hydrogens (tertiary/aromatic N) is 2. The topological polar surface area (TPSA) is 36.7 Å². The molecule has 0 N–H and O–H groups in total. The standard InChI is InChI=1S/C18H20N2O2/c1-13-11-14-5-2-3-6-16(14)20(13)12-17-15(7-10-22-17)18(21)19-8-4-9-19/h2-3,5-7,10,13H,4,8-9,11-12H2,1H3. The molecule has 0 saturated carbocycles. The predicted molar refractivity (Wildman–Crippen MR) is 85.0 cm³/mol. The Labute approximate surface area is 130 Å². The molecule has 1 amide bonds. The van der Waals surface area contributed by atoms with E-state index in [0.29, 0.717) is 12.6 Å². The normalized spacial score (nSPS) is 20.0. The van der Waals surface area contributed by atoms with Crippen molar-refractivity contribution < 1.29 is 9.21 Å². The second kappa shape index (κ2) is 5.20. The molecule has 3 heterocycles. The maximum Gasteiger partial charge on any atom is 0.257 e. The van der Waals surface area contributed by atoms with E-state index in [4.69, 9.17) is 4.42 Å².